The molecule has 4 amide bonds. The Morgan fingerprint density at radius 3 is 1.36 bits per heavy atom. The van der Waals surface area contributed by atoms with Crippen molar-refractivity contribution < 1.29 is 19.2 Å². The van der Waals surface area contributed by atoms with Crippen LogP contribution in [-0.4, -0.2) is 40.6 Å². The fourth-order valence-corrected chi connectivity index (χ4v) is 3.01. The molecular weight excluding hydrogens is 286 g/mol. The van der Waals surface area contributed by atoms with E-state index in [0.29, 0.717) is 26.9 Å². The first-order valence-electron chi connectivity index (χ1n) is 6.49. The normalized spacial score (nSPS) is 16.8. The molecule has 0 bridgehead atoms. The topological polar surface area (TPSA) is 101 Å². The molecule has 108 valence electrons. The van der Waals surface area contributed by atoms with Gasteiger partial charge in [0.1, 0.15) is 0 Å². The Balaban J connectivity index is 2.24. The molecular formula is C15H9N3O4. The zero-order valence-corrected chi connectivity index (χ0v) is 11.4. The van der Waals surface area contributed by atoms with E-state index >= 15 is 0 Å². The molecule has 0 saturated heterocycles. The van der Waals surface area contributed by atoms with Crippen LogP contribution in [0.4, 0.5) is 0 Å². The van der Waals surface area contributed by atoms with Crippen LogP contribution in [-0.2, 0) is 0 Å². The summed E-state index contributed by atoms with van der Waals surface area (Å²) in [6.07, 6.45) is 0. The molecule has 7 heteroatoms. The average molecular weight is 295 g/mol. The second-order valence-corrected chi connectivity index (χ2v) is 5.22. The van der Waals surface area contributed by atoms with Crippen LogP contribution >= 0.6 is 0 Å². The van der Waals surface area contributed by atoms with Gasteiger partial charge in [-0.2, -0.15) is 0 Å². The lowest BCUT2D eigenvalue weighted by molar-refractivity contribution is 0.0601. The Hall–Kier alpha value is -3.06. The molecule has 2 aliphatic heterocycles. The number of nitrogens with zero attached hydrogens (tertiary/aromatic N) is 2. The summed E-state index contributed by atoms with van der Waals surface area (Å²) in [5, 5.41) is 1.21. The van der Waals surface area contributed by atoms with Crippen molar-refractivity contribution in [2.75, 3.05) is 7.05 Å². The Morgan fingerprint density at radius 1 is 0.682 bits per heavy atom. The highest BCUT2D eigenvalue weighted by molar-refractivity contribution is 6.33. The molecule has 0 saturated carbocycles. The van der Waals surface area contributed by atoms with Crippen molar-refractivity contribution in [2.45, 2.75) is 0 Å². The second kappa shape index (κ2) is 3.77. The minimum Gasteiger partial charge on any atom is -0.277 e. The van der Waals surface area contributed by atoms with Gasteiger partial charge in [0.2, 0.25) is 0 Å². The third-order valence-corrected chi connectivity index (χ3v) is 4.13. The highest BCUT2D eigenvalue weighted by Gasteiger charge is 2.37. The van der Waals surface area contributed by atoms with Crippen LogP contribution < -0.4 is 5.84 Å². The molecule has 0 aliphatic carbocycles. The van der Waals surface area contributed by atoms with E-state index in [1.807, 2.05) is 0 Å². The fraction of sp³-hybridized carbons (Fsp3) is 0.0667. The van der Waals surface area contributed by atoms with Crippen LogP contribution in [0.3, 0.4) is 0 Å². The van der Waals surface area contributed by atoms with Crippen LogP contribution in [0, 0.1) is 0 Å². The molecule has 0 fully saturated rings. The third-order valence-electron chi connectivity index (χ3n) is 4.13. The number of benzene rings is 2. The highest BCUT2D eigenvalue weighted by Crippen LogP contribution is 2.36. The number of hydrogen-bond acceptors (Lipinski definition) is 5. The van der Waals surface area contributed by atoms with E-state index in [2.05, 4.69) is 0 Å². The molecule has 2 aliphatic rings. The maximum absolute atomic E-state index is 12.3. The van der Waals surface area contributed by atoms with Gasteiger partial charge in [0.25, 0.3) is 23.6 Å². The summed E-state index contributed by atoms with van der Waals surface area (Å²) in [5.74, 6) is 3.27. The zero-order chi connectivity index (χ0) is 15.8. The quantitative estimate of drug-likeness (QED) is 0.434. The van der Waals surface area contributed by atoms with Gasteiger partial charge in [0, 0.05) is 28.9 Å². The first-order chi connectivity index (χ1) is 10.4. The minimum atomic E-state index is -0.653. The number of carbonyl (C=O) groups is 4. The van der Waals surface area contributed by atoms with Crippen molar-refractivity contribution in [1.82, 2.24) is 9.91 Å². The van der Waals surface area contributed by atoms with Crippen molar-refractivity contribution in [1.29, 1.82) is 0 Å². The smallest absolute Gasteiger partial charge is 0.275 e. The fourth-order valence-electron chi connectivity index (χ4n) is 3.01. The minimum absolute atomic E-state index is 0.211. The Morgan fingerprint density at radius 2 is 1.00 bits per heavy atom. The van der Waals surface area contributed by atoms with Gasteiger partial charge in [-0.05, 0) is 24.3 Å². The first kappa shape index (κ1) is 12.7. The predicted molar refractivity (Wildman–Crippen MR) is 75.1 cm³/mol. The van der Waals surface area contributed by atoms with E-state index in [9.17, 15) is 19.2 Å². The number of nitrogens with two attached hydrogens (primary N) is 1. The first-order valence-corrected chi connectivity index (χ1v) is 6.49. The van der Waals surface area contributed by atoms with E-state index in [4.69, 9.17) is 5.84 Å². The van der Waals surface area contributed by atoms with Gasteiger partial charge < -0.3 is 0 Å². The molecule has 0 unspecified atom stereocenters. The number of hydrogen-bond donors (Lipinski definition) is 1. The van der Waals surface area contributed by atoms with Crippen molar-refractivity contribution in [2.24, 2.45) is 5.84 Å². The Kier molecular flexibility index (Phi) is 2.17. The molecule has 2 heterocycles. The van der Waals surface area contributed by atoms with E-state index in [-0.39, 0.29) is 11.1 Å². The lowest BCUT2D eigenvalue weighted by atomic mass is 9.86. The number of hydrazine groups is 1. The van der Waals surface area contributed by atoms with Gasteiger partial charge in [-0.15, -0.1) is 0 Å². The zero-order valence-electron chi connectivity index (χ0n) is 11.4. The summed E-state index contributed by atoms with van der Waals surface area (Å²) in [5.41, 5.74) is 1.01. The molecule has 2 N–H and O–H groups in total. The maximum Gasteiger partial charge on any atom is 0.275 e. The molecule has 0 atom stereocenters. The van der Waals surface area contributed by atoms with Crippen molar-refractivity contribution in [3.63, 3.8) is 0 Å². The molecule has 4 rings (SSSR count). The Bertz CT molecular complexity index is 800. The van der Waals surface area contributed by atoms with Crippen LogP contribution in [0.25, 0.3) is 10.8 Å². The van der Waals surface area contributed by atoms with Gasteiger partial charge in [0.05, 0.1) is 11.1 Å². The van der Waals surface area contributed by atoms with Crippen LogP contribution in [0.15, 0.2) is 24.3 Å². The van der Waals surface area contributed by atoms with Gasteiger partial charge >= 0.3 is 0 Å². The highest BCUT2D eigenvalue weighted by atomic mass is 16.2. The molecule has 7 nitrogen and oxygen atoms in total. The summed E-state index contributed by atoms with van der Waals surface area (Å²) < 4.78 is 0. The number of rotatable bonds is 0. The van der Waals surface area contributed by atoms with Gasteiger partial charge in [0.15, 0.2) is 0 Å². The average Bonchev–Trinajstić information content (AvgIpc) is 2.53. The molecule has 0 aromatic heterocycles. The van der Waals surface area contributed by atoms with E-state index < -0.39 is 23.6 Å². The lowest BCUT2D eigenvalue weighted by Crippen LogP contribution is -2.46. The molecule has 0 spiro atoms. The second-order valence-electron chi connectivity index (χ2n) is 5.22. The SMILES string of the molecule is CN1C(=O)c2ccc3c4c(ccc(c24)C1=O)C(=O)N(N)C3=O. The van der Waals surface area contributed by atoms with Gasteiger partial charge in [-0.3, -0.25) is 24.1 Å². The van der Waals surface area contributed by atoms with Gasteiger partial charge in [-0.1, -0.05) is 0 Å². The summed E-state index contributed by atoms with van der Waals surface area (Å²) in [6.45, 7) is 0. The van der Waals surface area contributed by atoms with E-state index in [1.54, 1.807) is 0 Å². The van der Waals surface area contributed by atoms with Crippen LogP contribution in [0.2, 0.25) is 0 Å². The summed E-state index contributed by atoms with van der Waals surface area (Å²) in [7, 11) is 1.39. The maximum atomic E-state index is 12.3. The Labute approximate surface area is 123 Å². The standard InChI is InChI=1S/C15H9N3O4/c1-17-12(19)6-2-4-8-11-9(15(22)18(16)14(8)21)5-3-7(10(6)11)13(17)20/h2-5H,16H2,1H3. The number of imide groups is 2. The van der Waals surface area contributed by atoms with Crippen LogP contribution in [0.5, 0.6) is 0 Å². The van der Waals surface area contributed by atoms with Crippen molar-refractivity contribution >= 4 is 34.4 Å². The monoisotopic (exact) mass is 295 g/mol. The van der Waals surface area contributed by atoms with E-state index in [1.165, 1.54) is 31.3 Å². The molecule has 22 heavy (non-hydrogen) atoms. The van der Waals surface area contributed by atoms with Crippen molar-refractivity contribution in [3.8, 4) is 0 Å². The van der Waals surface area contributed by atoms with Crippen LogP contribution in [0.1, 0.15) is 41.4 Å². The molecule has 2 aromatic carbocycles. The molecule has 2 aromatic rings. The summed E-state index contributed by atoms with van der Waals surface area (Å²) in [4.78, 5) is 49.9. The lowest BCUT2D eigenvalue weighted by Gasteiger charge is -2.28. The van der Waals surface area contributed by atoms with Crippen molar-refractivity contribution in [3.05, 3.63) is 46.5 Å². The number of amides is 4. The third kappa shape index (κ3) is 1.24. The number of carbonyl (C=O) groups excluding carboxylic acids is 4. The van der Waals surface area contributed by atoms with E-state index in [0.717, 1.165) is 4.90 Å². The predicted octanol–water partition coefficient (Wildman–Crippen LogP) is 0.535. The molecule has 0 radical (unpaired) electrons. The van der Waals surface area contributed by atoms with Gasteiger partial charge in [-0.25, -0.2) is 10.9 Å². The summed E-state index contributed by atoms with van der Waals surface area (Å²) in [6, 6.07) is 5.89. The largest absolute Gasteiger partial charge is 0.277 e. The summed E-state index contributed by atoms with van der Waals surface area (Å²) >= 11 is 0.